The lowest BCUT2D eigenvalue weighted by Crippen LogP contribution is -2.30. The number of carbonyl (C=O) groups is 1. The maximum Gasteiger partial charge on any atom is 0.303 e. The summed E-state index contributed by atoms with van der Waals surface area (Å²) >= 11 is 20.2. The van der Waals surface area contributed by atoms with E-state index in [-0.39, 0.29) is 0 Å². The van der Waals surface area contributed by atoms with Crippen LogP contribution in [0.25, 0.3) is 0 Å². The van der Waals surface area contributed by atoms with E-state index in [2.05, 4.69) is 16.5 Å². The summed E-state index contributed by atoms with van der Waals surface area (Å²) in [5.41, 5.74) is 0. The molecule has 4 nitrogen and oxygen atoms in total. The molecule has 0 spiro atoms. The second-order valence-electron chi connectivity index (χ2n) is 2.09. The first-order valence-corrected chi connectivity index (χ1v) is 6.75. The minimum atomic E-state index is -3.96. The van der Waals surface area contributed by atoms with Crippen molar-refractivity contribution in [3.05, 3.63) is 0 Å². The molecule has 0 bridgehead atoms. The van der Waals surface area contributed by atoms with Crippen LogP contribution in [-0.2, 0) is 21.3 Å². The highest BCUT2D eigenvalue weighted by molar-refractivity contribution is 8.09. The van der Waals surface area contributed by atoms with Crippen LogP contribution in [0.15, 0.2) is 0 Å². The Hall–Kier alpha value is 0.910. The molecule has 0 aliphatic heterocycles. The first kappa shape index (κ1) is 13.9. The summed E-state index contributed by atoms with van der Waals surface area (Å²) in [6.45, 7) is -2.92. The number of carbonyl (C=O) groups excluding carboxylic acids is 1. The largest absolute Gasteiger partial charge is 0.448 e. The number of alkyl halides is 3. The third kappa shape index (κ3) is 5.37. The molecule has 0 aliphatic carbocycles. The van der Waals surface area contributed by atoms with Crippen molar-refractivity contribution in [1.82, 2.24) is 0 Å². The maximum atomic E-state index is 10.5. The van der Waals surface area contributed by atoms with Gasteiger partial charge in [0.15, 0.2) is 0 Å². The normalized spacial score (nSPS) is 15.2. The number of hydrogen-bond donors (Lipinski definition) is 2. The average Bonchev–Trinajstić information content (AvgIpc) is 1.77. The average molecular weight is 287 g/mol. The minimum Gasteiger partial charge on any atom is -0.448 e. The molecule has 0 aromatic rings. The van der Waals surface area contributed by atoms with E-state index in [4.69, 9.17) is 44.6 Å². The van der Waals surface area contributed by atoms with Crippen LogP contribution in [0, 0.1) is 0 Å². The standard InChI is InChI=1S/C4H6Cl3O4PS/c1-2(8)11-3(4(5,6)7)12(9,10)13/h3H,1H3,(H2,9,10,13)/t3-/m0/s1. The molecule has 0 radical (unpaired) electrons. The number of halogens is 3. The van der Waals surface area contributed by atoms with Crippen molar-refractivity contribution in [3.8, 4) is 0 Å². The van der Waals surface area contributed by atoms with Crippen LogP contribution in [0.5, 0.6) is 0 Å². The summed E-state index contributed by atoms with van der Waals surface area (Å²) in [5, 5.41) is 0. The van der Waals surface area contributed by atoms with E-state index in [1.807, 2.05) is 0 Å². The number of hydrogen-bond acceptors (Lipinski definition) is 3. The van der Waals surface area contributed by atoms with Crippen molar-refractivity contribution in [3.63, 3.8) is 0 Å². The molecule has 0 aliphatic rings. The Balaban J connectivity index is 4.79. The lowest BCUT2D eigenvalue weighted by atomic mass is 10.7. The van der Waals surface area contributed by atoms with Crippen molar-refractivity contribution in [2.45, 2.75) is 16.6 Å². The van der Waals surface area contributed by atoms with E-state index in [9.17, 15) is 4.79 Å². The predicted molar refractivity (Wildman–Crippen MR) is 54.6 cm³/mol. The molecular weight excluding hydrogens is 281 g/mol. The fourth-order valence-electron chi connectivity index (χ4n) is 0.483. The van der Waals surface area contributed by atoms with Gasteiger partial charge in [0, 0.05) is 6.92 Å². The molecule has 0 rings (SSSR count). The van der Waals surface area contributed by atoms with Crippen LogP contribution in [0.4, 0.5) is 0 Å². The Labute approximate surface area is 94.9 Å². The lowest BCUT2D eigenvalue weighted by Gasteiger charge is -2.26. The zero-order valence-corrected chi connectivity index (χ0v) is 10.3. The van der Waals surface area contributed by atoms with Gasteiger partial charge in [-0.2, -0.15) is 0 Å². The van der Waals surface area contributed by atoms with E-state index in [0.29, 0.717) is 0 Å². The van der Waals surface area contributed by atoms with Crippen LogP contribution in [0.2, 0.25) is 0 Å². The molecule has 0 aromatic carbocycles. The summed E-state index contributed by atoms with van der Waals surface area (Å²) in [6, 6.07) is 0. The second-order valence-corrected chi connectivity index (χ2v) is 7.72. The fourth-order valence-corrected chi connectivity index (χ4v) is 3.63. The number of rotatable bonds is 2. The quantitative estimate of drug-likeness (QED) is 0.458. The summed E-state index contributed by atoms with van der Waals surface area (Å²) in [4.78, 5) is 28.5. The molecule has 0 saturated carbocycles. The van der Waals surface area contributed by atoms with Gasteiger partial charge in [0.1, 0.15) is 0 Å². The first-order valence-electron chi connectivity index (χ1n) is 2.84. The van der Waals surface area contributed by atoms with Crippen molar-refractivity contribution in [2.24, 2.45) is 0 Å². The van der Waals surface area contributed by atoms with Gasteiger partial charge in [0.25, 0.3) is 0 Å². The highest BCUT2D eigenvalue weighted by atomic mass is 35.6. The van der Waals surface area contributed by atoms with Crippen LogP contribution < -0.4 is 0 Å². The Morgan fingerprint density at radius 2 is 1.92 bits per heavy atom. The molecule has 0 fully saturated rings. The topological polar surface area (TPSA) is 66.8 Å². The SMILES string of the molecule is CC(=O)O[C@H](C(Cl)(Cl)Cl)P(O)(O)=S. The third-order valence-electron chi connectivity index (χ3n) is 0.863. The molecule has 13 heavy (non-hydrogen) atoms. The molecule has 0 saturated heterocycles. The minimum absolute atomic E-state index is 0.811. The van der Waals surface area contributed by atoms with Gasteiger partial charge in [-0.15, -0.1) is 0 Å². The van der Waals surface area contributed by atoms with Gasteiger partial charge in [0.05, 0.1) is 0 Å². The smallest absolute Gasteiger partial charge is 0.303 e. The van der Waals surface area contributed by atoms with Gasteiger partial charge in [-0.1, -0.05) is 34.8 Å². The maximum absolute atomic E-state index is 10.5. The van der Waals surface area contributed by atoms with Crippen LogP contribution in [0.1, 0.15) is 6.92 Å². The summed E-state index contributed by atoms with van der Waals surface area (Å²) < 4.78 is 2.24. The Kier molecular flexibility index (Phi) is 4.94. The lowest BCUT2D eigenvalue weighted by molar-refractivity contribution is -0.143. The molecule has 0 heterocycles. The van der Waals surface area contributed by atoms with Gasteiger partial charge in [-0.3, -0.25) is 4.79 Å². The van der Waals surface area contributed by atoms with Crippen molar-refractivity contribution in [2.75, 3.05) is 0 Å². The third-order valence-corrected chi connectivity index (χ3v) is 3.59. The van der Waals surface area contributed by atoms with E-state index in [0.717, 1.165) is 6.92 Å². The molecule has 1 atom stereocenters. The van der Waals surface area contributed by atoms with Gasteiger partial charge >= 0.3 is 5.97 Å². The molecule has 0 amide bonds. The molecular formula is C4H6Cl3O4PS. The van der Waals surface area contributed by atoms with Crippen LogP contribution in [-0.4, -0.2) is 25.4 Å². The Morgan fingerprint density at radius 1 is 1.54 bits per heavy atom. The fraction of sp³-hybridized carbons (Fsp3) is 0.750. The zero-order chi connectivity index (χ0) is 10.9. The molecule has 9 heteroatoms. The van der Waals surface area contributed by atoms with Crippen LogP contribution >= 0.6 is 41.3 Å². The number of ether oxygens (including phenoxy) is 1. The Morgan fingerprint density at radius 3 is 2.00 bits per heavy atom. The van der Waals surface area contributed by atoms with E-state index in [1.165, 1.54) is 0 Å². The summed E-state index contributed by atoms with van der Waals surface area (Å²) in [7, 11) is 0. The van der Waals surface area contributed by atoms with Gasteiger partial charge < -0.3 is 14.5 Å². The first-order chi connectivity index (χ1) is 5.55. The van der Waals surface area contributed by atoms with E-state index >= 15 is 0 Å². The van der Waals surface area contributed by atoms with Gasteiger partial charge in [-0.25, -0.2) is 0 Å². The van der Waals surface area contributed by atoms with Gasteiger partial charge in [0.2, 0.25) is 16.1 Å². The predicted octanol–water partition coefficient (Wildman–Crippen LogP) is 1.54. The highest BCUT2D eigenvalue weighted by Gasteiger charge is 2.44. The summed E-state index contributed by atoms with van der Waals surface area (Å²) in [5.74, 6) is -2.52. The highest BCUT2D eigenvalue weighted by Crippen LogP contribution is 2.53. The molecule has 0 aromatic heterocycles. The molecule has 0 unspecified atom stereocenters. The Bertz CT molecular complexity index is 246. The van der Waals surface area contributed by atoms with Crippen molar-refractivity contribution in [1.29, 1.82) is 0 Å². The monoisotopic (exact) mass is 286 g/mol. The summed E-state index contributed by atoms with van der Waals surface area (Å²) in [6.07, 6.45) is 0. The number of esters is 1. The van der Waals surface area contributed by atoms with Crippen molar-refractivity contribution < 1.29 is 19.3 Å². The van der Waals surface area contributed by atoms with E-state index < -0.39 is 22.1 Å². The van der Waals surface area contributed by atoms with Gasteiger partial charge in [-0.05, 0) is 11.8 Å². The van der Waals surface area contributed by atoms with E-state index in [1.54, 1.807) is 0 Å². The van der Waals surface area contributed by atoms with Crippen molar-refractivity contribution >= 4 is 59.1 Å². The molecule has 78 valence electrons. The zero-order valence-electron chi connectivity index (χ0n) is 6.28. The van der Waals surface area contributed by atoms with Crippen LogP contribution in [0.3, 0.4) is 0 Å². The molecule has 2 N–H and O–H groups in total. The second kappa shape index (κ2) is 4.62.